The van der Waals surface area contributed by atoms with Gasteiger partial charge in [0.05, 0.1) is 11.8 Å². The van der Waals surface area contributed by atoms with Crippen molar-refractivity contribution in [1.29, 1.82) is 0 Å². The number of ether oxygens (including phenoxy) is 1. The third-order valence-corrected chi connectivity index (χ3v) is 3.56. The molecule has 114 valence electrons. The smallest absolute Gasteiger partial charge is 0.310 e. The van der Waals surface area contributed by atoms with Crippen LogP contribution in [0.3, 0.4) is 0 Å². The molecule has 3 N–H and O–H groups in total. The fourth-order valence-corrected chi connectivity index (χ4v) is 2.31. The van der Waals surface area contributed by atoms with Crippen LogP contribution in [-0.4, -0.2) is 29.4 Å². The van der Waals surface area contributed by atoms with Gasteiger partial charge in [-0.15, -0.1) is 0 Å². The van der Waals surface area contributed by atoms with Gasteiger partial charge in [0.2, 0.25) is 11.8 Å². The van der Waals surface area contributed by atoms with Gasteiger partial charge in [0.25, 0.3) is 0 Å². The lowest BCUT2D eigenvalue weighted by Gasteiger charge is -2.20. The Bertz CT molecular complexity index is 437. The van der Waals surface area contributed by atoms with Gasteiger partial charge in [0.15, 0.2) is 0 Å². The fraction of sp³-hybridized carbons (Fsp3) is 0.786. The van der Waals surface area contributed by atoms with E-state index in [0.717, 1.165) is 0 Å². The van der Waals surface area contributed by atoms with Crippen LogP contribution in [-0.2, 0) is 19.1 Å². The molecule has 0 bridgehead atoms. The van der Waals surface area contributed by atoms with Crippen LogP contribution in [0.15, 0.2) is 0 Å². The SMILES string of the molecule is CC(NC(=O)[C@@H]1[C@H](C(=O)OC(C)(C)C)C1(C)C)C(N)=O. The average molecular weight is 284 g/mol. The highest BCUT2D eigenvalue weighted by atomic mass is 16.6. The van der Waals surface area contributed by atoms with Gasteiger partial charge in [-0.25, -0.2) is 0 Å². The molecule has 0 heterocycles. The summed E-state index contributed by atoms with van der Waals surface area (Å²) in [5.74, 6) is -2.29. The molecule has 6 heteroatoms. The van der Waals surface area contributed by atoms with Crippen molar-refractivity contribution in [3.8, 4) is 0 Å². The number of primary amides is 1. The number of carbonyl (C=O) groups excluding carboxylic acids is 3. The highest BCUT2D eigenvalue weighted by molar-refractivity contribution is 5.94. The third-order valence-electron chi connectivity index (χ3n) is 3.56. The maximum absolute atomic E-state index is 12.1. The van der Waals surface area contributed by atoms with Gasteiger partial charge in [0, 0.05) is 0 Å². The number of hydrogen-bond donors (Lipinski definition) is 2. The molecule has 0 spiro atoms. The van der Waals surface area contributed by atoms with Crippen LogP contribution in [0.2, 0.25) is 0 Å². The van der Waals surface area contributed by atoms with Crippen molar-refractivity contribution in [2.45, 2.75) is 53.2 Å². The fourth-order valence-electron chi connectivity index (χ4n) is 2.31. The summed E-state index contributed by atoms with van der Waals surface area (Å²) in [6, 6.07) is -0.752. The van der Waals surface area contributed by atoms with Crippen LogP contribution in [0.5, 0.6) is 0 Å². The zero-order valence-corrected chi connectivity index (χ0v) is 12.9. The quantitative estimate of drug-likeness (QED) is 0.738. The van der Waals surface area contributed by atoms with E-state index in [4.69, 9.17) is 10.5 Å². The summed E-state index contributed by atoms with van der Waals surface area (Å²) in [7, 11) is 0. The van der Waals surface area contributed by atoms with E-state index in [1.165, 1.54) is 6.92 Å². The summed E-state index contributed by atoms with van der Waals surface area (Å²) in [5.41, 5.74) is 4.05. The van der Waals surface area contributed by atoms with Gasteiger partial charge < -0.3 is 15.8 Å². The topological polar surface area (TPSA) is 98.5 Å². The molecule has 3 atom stereocenters. The van der Waals surface area contributed by atoms with Crippen molar-refractivity contribution >= 4 is 17.8 Å². The Morgan fingerprint density at radius 1 is 1.20 bits per heavy atom. The van der Waals surface area contributed by atoms with E-state index in [2.05, 4.69) is 5.32 Å². The number of rotatable bonds is 4. The van der Waals surface area contributed by atoms with E-state index in [1.807, 2.05) is 13.8 Å². The van der Waals surface area contributed by atoms with Crippen molar-refractivity contribution in [2.24, 2.45) is 23.0 Å². The van der Waals surface area contributed by atoms with Crippen molar-refractivity contribution in [2.75, 3.05) is 0 Å². The van der Waals surface area contributed by atoms with Gasteiger partial charge in [-0.05, 0) is 33.1 Å². The molecule has 0 radical (unpaired) electrons. The molecule has 0 aliphatic heterocycles. The van der Waals surface area contributed by atoms with Crippen molar-refractivity contribution < 1.29 is 19.1 Å². The number of nitrogens with two attached hydrogens (primary N) is 1. The van der Waals surface area contributed by atoms with E-state index in [-0.39, 0.29) is 11.9 Å². The lowest BCUT2D eigenvalue weighted by atomic mass is 10.1. The Labute approximate surface area is 119 Å². The monoisotopic (exact) mass is 284 g/mol. The first-order valence-corrected chi connectivity index (χ1v) is 6.70. The predicted octanol–water partition coefficient (Wildman–Crippen LogP) is 0.590. The highest BCUT2D eigenvalue weighted by Crippen LogP contribution is 2.59. The Hall–Kier alpha value is -1.59. The Balaban J connectivity index is 2.71. The van der Waals surface area contributed by atoms with E-state index in [9.17, 15) is 14.4 Å². The van der Waals surface area contributed by atoms with E-state index >= 15 is 0 Å². The van der Waals surface area contributed by atoms with Crippen LogP contribution in [0.1, 0.15) is 41.5 Å². The van der Waals surface area contributed by atoms with E-state index in [0.29, 0.717) is 0 Å². The number of hydrogen-bond acceptors (Lipinski definition) is 4. The van der Waals surface area contributed by atoms with Crippen molar-refractivity contribution in [3.63, 3.8) is 0 Å². The van der Waals surface area contributed by atoms with Crippen LogP contribution >= 0.6 is 0 Å². The maximum Gasteiger partial charge on any atom is 0.310 e. The zero-order chi connectivity index (χ0) is 15.9. The molecule has 0 aromatic rings. The van der Waals surface area contributed by atoms with Crippen LogP contribution in [0.25, 0.3) is 0 Å². The molecule has 0 saturated heterocycles. The summed E-state index contributed by atoms with van der Waals surface area (Å²) >= 11 is 0. The molecule has 0 aromatic heterocycles. The molecular formula is C14H24N2O4. The number of nitrogens with one attached hydrogen (secondary N) is 1. The molecule has 1 saturated carbocycles. The second kappa shape index (κ2) is 5.07. The van der Waals surface area contributed by atoms with E-state index in [1.54, 1.807) is 20.8 Å². The van der Waals surface area contributed by atoms with Crippen LogP contribution in [0, 0.1) is 17.3 Å². The van der Waals surface area contributed by atoms with Gasteiger partial charge in [-0.3, -0.25) is 14.4 Å². The molecule has 1 aliphatic carbocycles. The number of amides is 2. The Kier molecular flexibility index (Phi) is 4.17. The summed E-state index contributed by atoms with van der Waals surface area (Å²) < 4.78 is 5.32. The normalized spacial score (nSPS) is 25.5. The first kappa shape index (κ1) is 16.5. The van der Waals surface area contributed by atoms with Crippen LogP contribution < -0.4 is 11.1 Å². The first-order chi connectivity index (χ1) is 8.88. The third kappa shape index (κ3) is 3.49. The molecule has 6 nitrogen and oxygen atoms in total. The standard InChI is InChI=1S/C14H24N2O4/c1-7(10(15)17)16-11(18)8-9(14(8,5)6)12(19)20-13(2,3)4/h7-9H,1-6H3,(H2,15,17)(H,16,18)/t7?,8-,9+/m0/s1. The summed E-state index contributed by atoms with van der Waals surface area (Å²) in [5, 5.41) is 2.52. The summed E-state index contributed by atoms with van der Waals surface area (Å²) in [6.07, 6.45) is 0. The van der Waals surface area contributed by atoms with Gasteiger partial charge in [-0.1, -0.05) is 13.8 Å². The average Bonchev–Trinajstić information content (AvgIpc) is 2.78. The number of esters is 1. The Morgan fingerprint density at radius 2 is 1.70 bits per heavy atom. The molecule has 20 heavy (non-hydrogen) atoms. The minimum Gasteiger partial charge on any atom is -0.460 e. The second-order valence-corrected chi connectivity index (χ2v) is 6.94. The van der Waals surface area contributed by atoms with Crippen molar-refractivity contribution in [3.05, 3.63) is 0 Å². The lowest BCUT2D eigenvalue weighted by molar-refractivity contribution is -0.158. The van der Waals surface area contributed by atoms with Gasteiger partial charge >= 0.3 is 5.97 Å². The molecular weight excluding hydrogens is 260 g/mol. The minimum atomic E-state index is -0.752. The second-order valence-electron chi connectivity index (χ2n) is 6.94. The predicted molar refractivity (Wildman–Crippen MR) is 73.4 cm³/mol. The van der Waals surface area contributed by atoms with Crippen LogP contribution in [0.4, 0.5) is 0 Å². The van der Waals surface area contributed by atoms with Gasteiger partial charge in [-0.2, -0.15) is 0 Å². The molecule has 1 aliphatic rings. The molecule has 0 aromatic carbocycles. The zero-order valence-electron chi connectivity index (χ0n) is 12.9. The maximum atomic E-state index is 12.1. The minimum absolute atomic E-state index is 0.336. The van der Waals surface area contributed by atoms with Gasteiger partial charge in [0.1, 0.15) is 11.6 Å². The molecule has 2 amide bonds. The number of carbonyl (C=O) groups is 3. The summed E-state index contributed by atoms with van der Waals surface area (Å²) in [6.45, 7) is 10.5. The molecule has 1 fully saturated rings. The molecule has 1 rings (SSSR count). The largest absolute Gasteiger partial charge is 0.460 e. The van der Waals surface area contributed by atoms with Crippen molar-refractivity contribution in [1.82, 2.24) is 5.32 Å². The lowest BCUT2D eigenvalue weighted by Crippen LogP contribution is -2.43. The first-order valence-electron chi connectivity index (χ1n) is 6.70. The van der Waals surface area contributed by atoms with E-state index < -0.39 is 34.8 Å². The highest BCUT2D eigenvalue weighted by Gasteiger charge is 2.66. The molecule has 1 unspecified atom stereocenters. The Morgan fingerprint density at radius 3 is 2.10 bits per heavy atom. The summed E-state index contributed by atoms with van der Waals surface area (Å²) in [4.78, 5) is 35.1.